The van der Waals surface area contributed by atoms with Gasteiger partial charge in [-0.3, -0.25) is 4.98 Å². The normalized spacial score (nSPS) is 27.4. The molecule has 2 atom stereocenters. The van der Waals surface area contributed by atoms with E-state index in [0.29, 0.717) is 10.0 Å². The number of rotatable bonds is 8. The van der Waals surface area contributed by atoms with E-state index in [9.17, 15) is 0 Å². The number of hydrogen-bond acceptors (Lipinski definition) is 5. The Balaban J connectivity index is 1.44. The highest BCUT2D eigenvalue weighted by atomic mass is 35.5. The average molecular weight is 577 g/mol. The van der Waals surface area contributed by atoms with Crippen molar-refractivity contribution in [2.45, 2.75) is 22.7 Å². The van der Waals surface area contributed by atoms with Crippen molar-refractivity contribution in [1.82, 2.24) is 4.98 Å². The molecule has 5 nitrogen and oxygen atoms in total. The second-order valence-corrected chi connectivity index (χ2v) is 10.6. The minimum absolute atomic E-state index is 0.0548. The van der Waals surface area contributed by atoms with Gasteiger partial charge in [-0.2, -0.15) is 0 Å². The topological polar surface area (TPSA) is 49.8 Å². The molecule has 2 aliphatic carbocycles. The van der Waals surface area contributed by atoms with Crippen LogP contribution in [-0.2, 0) is 35.8 Å². The quantitative estimate of drug-likeness (QED) is 0.258. The maximum Gasteiger partial charge on any atom is 0.149 e. The lowest BCUT2D eigenvalue weighted by Gasteiger charge is -2.36. The number of methoxy groups -OCH3 is 4. The molecule has 40 heavy (non-hydrogen) atoms. The molecule has 3 aromatic rings. The van der Waals surface area contributed by atoms with E-state index in [4.69, 9.17) is 47.1 Å². The summed E-state index contributed by atoms with van der Waals surface area (Å²) in [6.07, 6.45) is 15.9. The van der Waals surface area contributed by atoms with Crippen LogP contribution in [0.3, 0.4) is 0 Å². The summed E-state index contributed by atoms with van der Waals surface area (Å²) in [6.45, 7) is 0. The zero-order chi connectivity index (χ0) is 28.4. The van der Waals surface area contributed by atoms with Crippen molar-refractivity contribution in [1.29, 1.82) is 0 Å². The third kappa shape index (κ3) is 5.05. The highest BCUT2D eigenvalue weighted by Crippen LogP contribution is 2.42. The molecule has 0 aliphatic heterocycles. The Kier molecular flexibility index (Phi) is 8.05. The first kappa shape index (κ1) is 28.3. The van der Waals surface area contributed by atoms with Crippen LogP contribution in [0.1, 0.15) is 28.3 Å². The van der Waals surface area contributed by atoms with E-state index < -0.39 is 16.8 Å². The smallest absolute Gasteiger partial charge is 0.149 e. The van der Waals surface area contributed by atoms with Crippen molar-refractivity contribution in [3.8, 4) is 0 Å². The van der Waals surface area contributed by atoms with Crippen molar-refractivity contribution in [3.05, 3.63) is 148 Å². The van der Waals surface area contributed by atoms with Crippen LogP contribution in [-0.4, -0.2) is 33.4 Å². The van der Waals surface area contributed by atoms with Gasteiger partial charge in [0.15, 0.2) is 0 Å². The molecule has 1 aromatic heterocycles. The summed E-state index contributed by atoms with van der Waals surface area (Å²) in [5, 5.41) is 1.36. The molecule has 206 valence electrons. The van der Waals surface area contributed by atoms with E-state index in [2.05, 4.69) is 6.08 Å². The van der Waals surface area contributed by atoms with Gasteiger partial charge in [-0.15, -0.1) is 0 Å². The monoisotopic (exact) mass is 575 g/mol. The molecule has 5 rings (SSSR count). The third-order valence-corrected chi connectivity index (χ3v) is 8.25. The van der Waals surface area contributed by atoms with Crippen LogP contribution in [0.5, 0.6) is 0 Å². The van der Waals surface area contributed by atoms with Crippen LogP contribution in [0, 0.1) is 0 Å². The molecule has 1 unspecified atom stereocenters. The Labute approximate surface area is 245 Å². The predicted octanol–water partition coefficient (Wildman–Crippen LogP) is 7.62. The van der Waals surface area contributed by atoms with Gasteiger partial charge in [0.05, 0.1) is 18.7 Å². The van der Waals surface area contributed by atoms with E-state index >= 15 is 0 Å². The Morgan fingerprint density at radius 1 is 0.625 bits per heavy atom. The van der Waals surface area contributed by atoms with Gasteiger partial charge in [-0.05, 0) is 77.9 Å². The number of pyridine rings is 1. The van der Waals surface area contributed by atoms with Crippen molar-refractivity contribution in [2.75, 3.05) is 28.4 Å². The predicted molar refractivity (Wildman–Crippen MR) is 158 cm³/mol. The molecule has 0 radical (unpaired) electrons. The molecule has 0 N–H and O–H groups in total. The van der Waals surface area contributed by atoms with Crippen LogP contribution in [0.4, 0.5) is 0 Å². The second-order valence-electron chi connectivity index (χ2n) is 9.74. The Morgan fingerprint density at radius 3 is 1.65 bits per heavy atom. The lowest BCUT2D eigenvalue weighted by molar-refractivity contribution is 0.0416. The minimum Gasteiger partial charge on any atom is -0.500 e. The van der Waals surface area contributed by atoms with Gasteiger partial charge in [-0.1, -0.05) is 59.6 Å². The van der Waals surface area contributed by atoms with Gasteiger partial charge >= 0.3 is 0 Å². The summed E-state index contributed by atoms with van der Waals surface area (Å²) in [7, 11) is 6.69. The molecule has 0 fully saturated rings. The van der Waals surface area contributed by atoms with Gasteiger partial charge < -0.3 is 18.9 Å². The van der Waals surface area contributed by atoms with Crippen LogP contribution in [0.15, 0.2) is 115 Å². The van der Waals surface area contributed by atoms with Crippen LogP contribution >= 0.6 is 23.2 Å². The fourth-order valence-electron chi connectivity index (χ4n) is 5.27. The molecule has 1 heterocycles. The molecule has 0 bridgehead atoms. The Bertz CT molecular complexity index is 1450. The largest absolute Gasteiger partial charge is 0.500 e. The summed E-state index contributed by atoms with van der Waals surface area (Å²) in [5.74, 6) is 0.711. The number of hydrogen-bond donors (Lipinski definition) is 0. The first-order valence-electron chi connectivity index (χ1n) is 12.8. The average Bonchev–Trinajstić information content (AvgIpc) is 3.01. The van der Waals surface area contributed by atoms with Crippen LogP contribution in [0.2, 0.25) is 10.0 Å². The van der Waals surface area contributed by atoms with Crippen molar-refractivity contribution < 1.29 is 18.9 Å². The lowest BCUT2D eigenvalue weighted by atomic mass is 9.81. The Hall–Kier alpha value is -3.19. The number of benzene rings is 2. The van der Waals surface area contributed by atoms with Gasteiger partial charge in [0, 0.05) is 43.1 Å². The number of ether oxygens (including phenoxy) is 4. The molecule has 0 spiro atoms. The lowest BCUT2D eigenvalue weighted by Crippen LogP contribution is -2.33. The number of aromatic nitrogens is 1. The molecule has 0 saturated carbocycles. The standard InChI is InChI=1S/C33H31Cl2NO4/c1-37-29-21-33(40-4,16-15-28(29)23-5-10-26(34)11-6-23)30-14-9-25(22-36-30)32(39-3)19-17-31(38-2,18-20-32)24-7-12-27(35)13-8-24/h5-22,28H,1-4H3/t28-,31?,32?,33?/m0/s1. The van der Waals surface area contributed by atoms with E-state index in [1.54, 1.807) is 28.4 Å². The van der Waals surface area contributed by atoms with E-state index in [0.717, 1.165) is 28.1 Å². The summed E-state index contributed by atoms with van der Waals surface area (Å²) in [5.41, 5.74) is 1.21. The van der Waals surface area contributed by atoms with Gasteiger partial charge in [0.2, 0.25) is 0 Å². The summed E-state index contributed by atoms with van der Waals surface area (Å²) >= 11 is 12.2. The fourth-order valence-corrected chi connectivity index (χ4v) is 5.52. The molecule has 7 heteroatoms. The second kappa shape index (κ2) is 11.4. The zero-order valence-corrected chi connectivity index (χ0v) is 24.3. The van der Waals surface area contributed by atoms with Crippen LogP contribution in [0.25, 0.3) is 0 Å². The van der Waals surface area contributed by atoms with Gasteiger partial charge in [-0.25, -0.2) is 0 Å². The third-order valence-electron chi connectivity index (χ3n) is 7.75. The first-order chi connectivity index (χ1) is 19.3. The van der Waals surface area contributed by atoms with Crippen molar-refractivity contribution in [2.24, 2.45) is 0 Å². The molecular formula is C33H31Cl2NO4. The van der Waals surface area contributed by atoms with E-state index in [1.165, 1.54) is 0 Å². The fraction of sp³-hybridized carbons (Fsp3) is 0.242. The van der Waals surface area contributed by atoms with Crippen molar-refractivity contribution in [3.63, 3.8) is 0 Å². The molecule has 2 aliphatic rings. The number of nitrogens with zero attached hydrogens (tertiary/aromatic N) is 1. The van der Waals surface area contributed by atoms with Gasteiger partial charge in [0.25, 0.3) is 0 Å². The highest BCUT2D eigenvalue weighted by Gasteiger charge is 2.38. The molecule has 0 saturated heterocycles. The van der Waals surface area contributed by atoms with Crippen molar-refractivity contribution >= 4 is 23.2 Å². The first-order valence-corrected chi connectivity index (χ1v) is 13.6. The molecule has 0 amide bonds. The van der Waals surface area contributed by atoms with Crippen LogP contribution < -0.4 is 0 Å². The Morgan fingerprint density at radius 2 is 1.15 bits per heavy atom. The van der Waals surface area contributed by atoms with E-state index in [-0.39, 0.29) is 5.92 Å². The van der Waals surface area contributed by atoms with E-state index in [1.807, 2.05) is 103 Å². The summed E-state index contributed by atoms with van der Waals surface area (Å²) < 4.78 is 23.8. The zero-order valence-electron chi connectivity index (χ0n) is 22.8. The van der Waals surface area contributed by atoms with Gasteiger partial charge in [0.1, 0.15) is 22.6 Å². The SMILES string of the molecule is COC1=CC(OC)(c2ccc(C3(OC)C=CC(OC)(c4ccc(Cl)cc4)C=C3)cn2)C=C[C@H]1c1ccc(Cl)cc1. The number of allylic oxidation sites excluding steroid dienone is 1. The summed E-state index contributed by atoms with van der Waals surface area (Å²) in [6, 6.07) is 19.3. The summed E-state index contributed by atoms with van der Waals surface area (Å²) in [4.78, 5) is 4.83. The maximum atomic E-state index is 6.10. The maximum absolute atomic E-state index is 6.10. The minimum atomic E-state index is -0.884. The molecule has 2 aromatic carbocycles. The highest BCUT2D eigenvalue weighted by molar-refractivity contribution is 6.30. The molecular weight excluding hydrogens is 545 g/mol. The number of halogens is 2.